The van der Waals surface area contributed by atoms with E-state index in [1.54, 1.807) is 10.9 Å². The molecular formula is C20H24N6O. The first-order valence-electron chi connectivity index (χ1n) is 9.45. The molecular weight excluding hydrogens is 340 g/mol. The van der Waals surface area contributed by atoms with Crippen molar-refractivity contribution in [3.05, 3.63) is 66.8 Å². The molecule has 1 aliphatic heterocycles. The Hall–Kier alpha value is -2.96. The molecule has 0 unspecified atom stereocenters. The first-order valence-corrected chi connectivity index (χ1v) is 9.45. The van der Waals surface area contributed by atoms with Gasteiger partial charge in [0.25, 0.3) is 0 Å². The summed E-state index contributed by atoms with van der Waals surface area (Å²) in [6, 6.07) is 5.93. The smallest absolute Gasteiger partial charge is 0.224 e. The van der Waals surface area contributed by atoms with Gasteiger partial charge in [-0.15, -0.1) is 0 Å². The van der Waals surface area contributed by atoms with Crippen LogP contribution in [0, 0.1) is 0 Å². The number of pyridine rings is 1. The van der Waals surface area contributed by atoms with E-state index in [0.717, 1.165) is 38.3 Å². The number of hydrogen-bond donors (Lipinski definition) is 0. The van der Waals surface area contributed by atoms with E-state index in [-0.39, 0.29) is 11.8 Å². The Morgan fingerprint density at radius 3 is 2.85 bits per heavy atom. The van der Waals surface area contributed by atoms with Crippen molar-refractivity contribution in [3.63, 3.8) is 0 Å². The molecule has 0 radical (unpaired) electrons. The molecule has 4 heterocycles. The minimum Gasteiger partial charge on any atom is -0.342 e. The van der Waals surface area contributed by atoms with Crippen LogP contribution < -0.4 is 0 Å². The maximum atomic E-state index is 12.6. The molecule has 1 atom stereocenters. The Kier molecular flexibility index (Phi) is 5.27. The second-order valence-electron chi connectivity index (χ2n) is 6.97. The Bertz CT molecular complexity index is 858. The zero-order valence-electron chi connectivity index (χ0n) is 15.3. The molecule has 1 amide bonds. The number of piperidine rings is 1. The van der Waals surface area contributed by atoms with Crippen LogP contribution in [0.2, 0.25) is 0 Å². The lowest BCUT2D eigenvalue weighted by Crippen LogP contribution is -2.40. The van der Waals surface area contributed by atoms with Crippen LogP contribution in [0.3, 0.4) is 0 Å². The lowest BCUT2D eigenvalue weighted by atomic mass is 9.96. The summed E-state index contributed by atoms with van der Waals surface area (Å²) in [5.74, 6) is 1.54. The van der Waals surface area contributed by atoms with Gasteiger partial charge in [-0.2, -0.15) is 5.10 Å². The minimum absolute atomic E-state index is 0.197. The minimum atomic E-state index is 0.197. The number of carbonyl (C=O) groups is 1. The molecule has 140 valence electrons. The predicted molar refractivity (Wildman–Crippen MR) is 101 cm³/mol. The van der Waals surface area contributed by atoms with Gasteiger partial charge >= 0.3 is 0 Å². The quantitative estimate of drug-likeness (QED) is 0.673. The predicted octanol–water partition coefficient (Wildman–Crippen LogP) is 2.32. The van der Waals surface area contributed by atoms with Crippen LogP contribution in [0.15, 0.2) is 55.4 Å². The van der Waals surface area contributed by atoms with Gasteiger partial charge in [0.2, 0.25) is 5.91 Å². The second-order valence-corrected chi connectivity index (χ2v) is 6.97. The summed E-state index contributed by atoms with van der Waals surface area (Å²) in [5.41, 5.74) is 1.20. The molecule has 0 N–H and O–H groups in total. The van der Waals surface area contributed by atoms with Crippen LogP contribution in [-0.4, -0.2) is 48.2 Å². The molecule has 1 aliphatic rings. The molecule has 4 rings (SSSR count). The summed E-state index contributed by atoms with van der Waals surface area (Å²) >= 11 is 0. The van der Waals surface area contributed by atoms with E-state index in [9.17, 15) is 4.79 Å². The van der Waals surface area contributed by atoms with E-state index >= 15 is 0 Å². The number of aromatic nitrogens is 5. The van der Waals surface area contributed by atoms with Crippen molar-refractivity contribution in [2.24, 2.45) is 0 Å². The largest absolute Gasteiger partial charge is 0.342 e. The van der Waals surface area contributed by atoms with Gasteiger partial charge in [-0.25, -0.2) is 4.98 Å². The van der Waals surface area contributed by atoms with Crippen LogP contribution in [0.25, 0.3) is 0 Å². The summed E-state index contributed by atoms with van der Waals surface area (Å²) in [7, 11) is 0. The molecule has 27 heavy (non-hydrogen) atoms. The highest BCUT2D eigenvalue weighted by atomic mass is 16.2. The van der Waals surface area contributed by atoms with E-state index in [1.807, 2.05) is 54.1 Å². The topological polar surface area (TPSA) is 68.8 Å². The van der Waals surface area contributed by atoms with E-state index in [1.165, 1.54) is 5.56 Å². The normalized spacial score (nSPS) is 17.2. The van der Waals surface area contributed by atoms with Gasteiger partial charge in [0.15, 0.2) is 0 Å². The number of rotatable bonds is 6. The van der Waals surface area contributed by atoms with Crippen LogP contribution in [0.1, 0.15) is 36.6 Å². The van der Waals surface area contributed by atoms with E-state index in [2.05, 4.69) is 19.6 Å². The molecule has 3 aromatic rings. The first kappa shape index (κ1) is 17.5. The van der Waals surface area contributed by atoms with Gasteiger partial charge in [0.05, 0.1) is 0 Å². The molecule has 0 aliphatic carbocycles. The van der Waals surface area contributed by atoms with Crippen molar-refractivity contribution in [1.29, 1.82) is 0 Å². The molecule has 0 saturated carbocycles. The van der Waals surface area contributed by atoms with E-state index in [4.69, 9.17) is 0 Å². The van der Waals surface area contributed by atoms with Crippen molar-refractivity contribution in [3.8, 4) is 0 Å². The van der Waals surface area contributed by atoms with Crippen molar-refractivity contribution in [2.45, 2.75) is 38.3 Å². The molecule has 7 nitrogen and oxygen atoms in total. The molecule has 1 fully saturated rings. The maximum absolute atomic E-state index is 12.6. The standard InChI is InChI=1S/C20H24N6O/c27-19(6-13-26-12-2-7-23-26)24-11-1-3-18(16-24)20-22-10-14-25(20)15-17-4-8-21-9-5-17/h2,4-5,7-10,12,14,18H,1,3,6,11,13,15-16H2/t18-/m1/s1. The molecule has 0 aromatic carbocycles. The number of nitrogens with zero attached hydrogens (tertiary/aromatic N) is 6. The highest BCUT2D eigenvalue weighted by Crippen LogP contribution is 2.26. The third kappa shape index (κ3) is 4.24. The average Bonchev–Trinajstić information content (AvgIpc) is 3.39. The molecule has 3 aromatic heterocycles. The van der Waals surface area contributed by atoms with Crippen LogP contribution in [0.4, 0.5) is 0 Å². The number of hydrogen-bond acceptors (Lipinski definition) is 4. The molecule has 7 heteroatoms. The summed E-state index contributed by atoms with van der Waals surface area (Å²) in [5, 5.41) is 4.17. The summed E-state index contributed by atoms with van der Waals surface area (Å²) < 4.78 is 4.00. The lowest BCUT2D eigenvalue weighted by molar-refractivity contribution is -0.132. The van der Waals surface area contributed by atoms with Crippen molar-refractivity contribution in [2.75, 3.05) is 13.1 Å². The Morgan fingerprint density at radius 2 is 2.04 bits per heavy atom. The van der Waals surface area contributed by atoms with Gasteiger partial charge in [0, 0.05) is 75.7 Å². The van der Waals surface area contributed by atoms with Gasteiger partial charge in [0.1, 0.15) is 5.82 Å². The van der Waals surface area contributed by atoms with E-state index < -0.39 is 0 Å². The third-order valence-electron chi connectivity index (χ3n) is 5.10. The molecule has 0 spiro atoms. The second kappa shape index (κ2) is 8.16. The van der Waals surface area contributed by atoms with Crippen molar-refractivity contribution in [1.82, 2.24) is 29.2 Å². The maximum Gasteiger partial charge on any atom is 0.224 e. The van der Waals surface area contributed by atoms with Crippen LogP contribution in [-0.2, 0) is 17.9 Å². The Labute approximate surface area is 158 Å². The fourth-order valence-corrected chi connectivity index (χ4v) is 3.71. The fourth-order valence-electron chi connectivity index (χ4n) is 3.71. The number of amides is 1. The van der Waals surface area contributed by atoms with Gasteiger partial charge in [-0.05, 0) is 36.6 Å². The van der Waals surface area contributed by atoms with Crippen molar-refractivity contribution >= 4 is 5.91 Å². The first-order chi connectivity index (χ1) is 13.3. The monoisotopic (exact) mass is 364 g/mol. The Balaban J connectivity index is 1.40. The summed E-state index contributed by atoms with van der Waals surface area (Å²) in [6.45, 7) is 2.98. The fraction of sp³-hybridized carbons (Fsp3) is 0.400. The van der Waals surface area contributed by atoms with Gasteiger partial charge < -0.3 is 9.47 Å². The SMILES string of the molecule is O=C(CCn1cccn1)N1CCC[C@@H](c2nccn2Cc2ccncc2)C1. The summed E-state index contributed by atoms with van der Waals surface area (Å²) in [4.78, 5) is 23.3. The van der Waals surface area contributed by atoms with Gasteiger partial charge in [-0.3, -0.25) is 14.5 Å². The van der Waals surface area contributed by atoms with Gasteiger partial charge in [-0.1, -0.05) is 0 Å². The average molecular weight is 364 g/mol. The number of carbonyl (C=O) groups excluding carboxylic acids is 1. The molecule has 0 bridgehead atoms. The molecule has 1 saturated heterocycles. The zero-order chi connectivity index (χ0) is 18.5. The highest BCUT2D eigenvalue weighted by molar-refractivity contribution is 5.76. The highest BCUT2D eigenvalue weighted by Gasteiger charge is 2.27. The lowest BCUT2D eigenvalue weighted by Gasteiger charge is -2.33. The Morgan fingerprint density at radius 1 is 1.15 bits per heavy atom. The summed E-state index contributed by atoms with van der Waals surface area (Å²) in [6.07, 6.45) is 13.7. The number of imidazole rings is 1. The third-order valence-corrected chi connectivity index (χ3v) is 5.10. The number of aryl methyl sites for hydroxylation is 1. The zero-order valence-corrected chi connectivity index (χ0v) is 15.3. The van der Waals surface area contributed by atoms with Crippen LogP contribution >= 0.6 is 0 Å². The van der Waals surface area contributed by atoms with Crippen molar-refractivity contribution < 1.29 is 4.79 Å². The van der Waals surface area contributed by atoms with Crippen LogP contribution in [0.5, 0.6) is 0 Å². The van der Waals surface area contributed by atoms with E-state index in [0.29, 0.717) is 13.0 Å². The number of likely N-dealkylation sites (tertiary alicyclic amines) is 1.